The van der Waals surface area contributed by atoms with Crippen LogP contribution in [-0.2, 0) is 24.3 Å². The monoisotopic (exact) mass is 201 g/mol. The van der Waals surface area contributed by atoms with E-state index in [9.17, 15) is 0 Å². The third kappa shape index (κ3) is 45.2. The zero-order valence-electron chi connectivity index (χ0n) is 6.55. The average Bonchev–Trinajstić information content (AvgIpc) is 2.13. The third-order valence-electron chi connectivity index (χ3n) is 0.385. The van der Waals surface area contributed by atoms with Crippen LogP contribution in [0.3, 0.4) is 0 Å². The van der Waals surface area contributed by atoms with E-state index in [4.69, 9.17) is 9.59 Å². The normalized spacial score (nSPS) is 6.18. The summed E-state index contributed by atoms with van der Waals surface area (Å²) in [6.45, 7) is 11.2. The van der Waals surface area contributed by atoms with Gasteiger partial charge in [-0.1, -0.05) is 0 Å². The van der Waals surface area contributed by atoms with Gasteiger partial charge in [-0.15, -0.1) is 0 Å². The van der Waals surface area contributed by atoms with Crippen molar-refractivity contribution in [2.45, 2.75) is 10.7 Å². The summed E-state index contributed by atoms with van der Waals surface area (Å²) in [7, 11) is 0. The van der Waals surface area contributed by atoms with Crippen LogP contribution in [0.15, 0.2) is 25.3 Å². The van der Waals surface area contributed by atoms with Crippen LogP contribution in [0.1, 0.15) is 0 Å². The molecule has 0 rings (SSSR count). The zero-order valence-corrected chi connectivity index (χ0v) is 7.59. The van der Waals surface area contributed by atoms with E-state index >= 15 is 0 Å². The Balaban J connectivity index is -0.000000138. The molecule has 0 radical (unpaired) electrons. The Morgan fingerprint density at radius 2 is 1.18 bits per heavy atom. The van der Waals surface area contributed by atoms with Crippen molar-refractivity contribution in [3.63, 3.8) is 0 Å². The third-order valence-corrected chi connectivity index (χ3v) is 1.59. The van der Waals surface area contributed by atoms with Crippen molar-refractivity contribution in [1.82, 2.24) is 0 Å². The molecule has 0 heterocycles. The first-order valence-electron chi connectivity index (χ1n) is 2.68. The second-order valence-corrected chi connectivity index (χ2v) is 2.39. The van der Waals surface area contributed by atoms with Gasteiger partial charge in [0.1, 0.15) is 13.6 Å². The molecule has 0 amide bonds. The summed E-state index contributed by atoms with van der Waals surface area (Å²) >= 11 is 1.43. The van der Waals surface area contributed by atoms with E-state index in [1.807, 2.05) is 25.7 Å². The summed E-state index contributed by atoms with van der Waals surface area (Å²) in [5.74, 6) is 0. The molecule has 0 fully saturated rings. The topological polar surface area (TPSA) is 34.1 Å². The van der Waals surface area contributed by atoms with E-state index in [0.29, 0.717) is 0 Å². The minimum atomic E-state index is 1.09. The second-order valence-electron chi connectivity index (χ2n) is 1.02. The summed E-state index contributed by atoms with van der Waals surface area (Å²) < 4.78 is 0. The van der Waals surface area contributed by atoms with E-state index < -0.39 is 0 Å². The largest absolute Gasteiger partial charge is 0.307 e. The van der Waals surface area contributed by atoms with Gasteiger partial charge in [0.25, 0.3) is 0 Å². The number of hydrogen-bond donors (Lipinski definition) is 0. The van der Waals surface area contributed by atoms with Gasteiger partial charge in [0.05, 0.1) is 0 Å². The molecule has 0 saturated carbocycles. The molecule has 0 aromatic rings. The number of carbonyl (C=O) groups is 2. The van der Waals surface area contributed by atoms with E-state index in [1.54, 1.807) is 0 Å². The Bertz CT molecular complexity index is 74.2. The quantitative estimate of drug-likeness (QED) is 0.514. The molecule has 67 valence electrons. The first-order valence-corrected chi connectivity index (χ1v) is 4.15. The van der Waals surface area contributed by atoms with Crippen LogP contribution in [0.5, 0.6) is 0 Å². The molecule has 0 aromatic carbocycles. The van der Waals surface area contributed by atoms with Crippen molar-refractivity contribution >= 4 is 13.6 Å². The van der Waals surface area contributed by atoms with Crippen LogP contribution < -0.4 is 0 Å². The summed E-state index contributed by atoms with van der Waals surface area (Å²) in [4.78, 5) is 16.0. The molecule has 0 N–H and O–H groups in total. The van der Waals surface area contributed by atoms with Crippen LogP contribution >= 0.6 is 0 Å². The molecule has 0 spiro atoms. The van der Waals surface area contributed by atoms with E-state index in [-0.39, 0.29) is 0 Å². The smallest absolute Gasteiger partial charge is 0.106 e. The first-order chi connectivity index (χ1) is 5.41. The first kappa shape index (κ1) is 16.7. The molecule has 0 aliphatic rings. The molecule has 0 atom stereocenters. The molecule has 0 aromatic heterocycles. The van der Waals surface area contributed by atoms with Gasteiger partial charge in [0, 0.05) is 0 Å². The minimum Gasteiger partial charge on any atom is -0.307 e. The Kier molecular flexibility index (Phi) is 52.6. The number of allylic oxidation sites excluding steroid dienone is 2. The van der Waals surface area contributed by atoms with Crippen LogP contribution in [0.25, 0.3) is 0 Å². The second kappa shape index (κ2) is 34.5. The maximum absolute atomic E-state index is 8.00. The van der Waals surface area contributed by atoms with Gasteiger partial charge in [0.15, 0.2) is 0 Å². The summed E-state index contributed by atoms with van der Waals surface area (Å²) in [5.41, 5.74) is 0. The van der Waals surface area contributed by atoms with Crippen LogP contribution in [0.2, 0.25) is 10.7 Å². The van der Waals surface area contributed by atoms with Gasteiger partial charge in [0.2, 0.25) is 0 Å². The Morgan fingerprint density at radius 1 is 0.909 bits per heavy atom. The fraction of sp³-hybridized carbons (Fsp3) is 0.250. The number of carbonyl (C=O) groups excluding carboxylic acids is 2. The van der Waals surface area contributed by atoms with Crippen molar-refractivity contribution in [3.05, 3.63) is 25.3 Å². The molecular formula is C8H14CoO2. The van der Waals surface area contributed by atoms with Gasteiger partial charge in [-0.3, -0.25) is 0 Å². The molecule has 0 aliphatic carbocycles. The number of hydrogen-bond acceptors (Lipinski definition) is 2. The van der Waals surface area contributed by atoms with Crippen molar-refractivity contribution < 1.29 is 24.3 Å². The molecule has 0 unspecified atom stereocenters. The van der Waals surface area contributed by atoms with Gasteiger partial charge >= 0.3 is 50.7 Å². The van der Waals surface area contributed by atoms with Gasteiger partial charge in [-0.2, -0.15) is 0 Å². The Labute approximate surface area is 74.4 Å². The summed E-state index contributed by atoms with van der Waals surface area (Å²) in [6, 6.07) is 0. The standard InChI is InChI=1S/2C3H5.2CH2O.Co/c2*1-3-2;2*1-2;/h2*3H,1-2H2;2*1H2;. The molecule has 3 heteroatoms. The summed E-state index contributed by atoms with van der Waals surface area (Å²) in [6.07, 6.45) is 3.84. The van der Waals surface area contributed by atoms with Gasteiger partial charge in [-0.05, 0) is 0 Å². The predicted molar refractivity (Wildman–Crippen MR) is 44.3 cm³/mol. The fourth-order valence-electron chi connectivity index (χ4n) is 0.192. The van der Waals surface area contributed by atoms with Crippen LogP contribution in [-0.4, -0.2) is 13.6 Å². The maximum Gasteiger partial charge on any atom is 0.106 e. The molecule has 11 heavy (non-hydrogen) atoms. The van der Waals surface area contributed by atoms with E-state index in [1.165, 1.54) is 14.7 Å². The molecular weight excluding hydrogens is 187 g/mol. The van der Waals surface area contributed by atoms with Gasteiger partial charge in [-0.25, -0.2) is 0 Å². The predicted octanol–water partition coefficient (Wildman–Crippen LogP) is 1.91. The minimum absolute atomic E-state index is 1.09. The Hall–Kier alpha value is -0.674. The summed E-state index contributed by atoms with van der Waals surface area (Å²) in [5, 5.41) is 2.17. The van der Waals surface area contributed by atoms with Crippen LogP contribution in [0.4, 0.5) is 0 Å². The average molecular weight is 201 g/mol. The maximum atomic E-state index is 8.00. The number of rotatable bonds is 4. The molecule has 0 bridgehead atoms. The van der Waals surface area contributed by atoms with Crippen molar-refractivity contribution in [3.8, 4) is 0 Å². The Morgan fingerprint density at radius 3 is 1.36 bits per heavy atom. The van der Waals surface area contributed by atoms with Crippen molar-refractivity contribution in [2.75, 3.05) is 0 Å². The molecule has 0 aliphatic heterocycles. The fourth-order valence-corrected chi connectivity index (χ4v) is 0.790. The van der Waals surface area contributed by atoms with E-state index in [0.717, 1.165) is 10.7 Å². The van der Waals surface area contributed by atoms with Crippen molar-refractivity contribution in [2.24, 2.45) is 0 Å². The molecule has 2 nitrogen and oxygen atoms in total. The zero-order chi connectivity index (χ0) is 9.54. The van der Waals surface area contributed by atoms with Crippen LogP contribution in [0, 0.1) is 0 Å². The van der Waals surface area contributed by atoms with Crippen molar-refractivity contribution in [1.29, 1.82) is 0 Å². The van der Waals surface area contributed by atoms with E-state index in [2.05, 4.69) is 13.2 Å². The SMILES string of the molecule is C=C[CH2][Co][CH2]C=C.C=O.C=O. The molecule has 0 saturated heterocycles. The van der Waals surface area contributed by atoms with Gasteiger partial charge < -0.3 is 9.59 Å².